The van der Waals surface area contributed by atoms with Gasteiger partial charge in [-0.1, -0.05) is 19.4 Å². The molecule has 0 aliphatic carbocycles. The average molecular weight is 233 g/mol. The molecule has 1 fully saturated rings. The van der Waals surface area contributed by atoms with Crippen LogP contribution in [0.25, 0.3) is 0 Å². The summed E-state index contributed by atoms with van der Waals surface area (Å²) in [5.74, 6) is 2.01. The van der Waals surface area contributed by atoms with E-state index in [-0.39, 0.29) is 0 Å². The Morgan fingerprint density at radius 3 is 2.65 bits per heavy atom. The minimum Gasteiger partial charge on any atom is -0.356 e. The molecule has 2 heterocycles. The van der Waals surface area contributed by atoms with Gasteiger partial charge in [-0.05, 0) is 31.7 Å². The van der Waals surface area contributed by atoms with Crippen LogP contribution in [0.2, 0.25) is 0 Å². The fourth-order valence-electron chi connectivity index (χ4n) is 2.56. The maximum Gasteiger partial charge on any atom is 0.133 e. The molecule has 0 unspecified atom stereocenters. The van der Waals surface area contributed by atoms with E-state index in [2.05, 4.69) is 22.9 Å². The van der Waals surface area contributed by atoms with Gasteiger partial charge >= 0.3 is 0 Å². The molecule has 1 aromatic rings. The summed E-state index contributed by atoms with van der Waals surface area (Å²) in [6.07, 6.45) is 3.88. The van der Waals surface area contributed by atoms with E-state index < -0.39 is 0 Å². The average Bonchev–Trinajstić information content (AvgIpc) is 2.39. The maximum absolute atomic E-state index is 5.79. The number of piperidine rings is 1. The molecule has 0 amide bonds. The quantitative estimate of drug-likeness (QED) is 0.872. The molecular weight excluding hydrogens is 210 g/mol. The standard InChI is InChI=1S/C14H23N3/c1-3-12-6-8-17(9-7-12)14-13(10-15)5-4-11(2)16-14/h4-5,12H,3,6-10,15H2,1-2H3. The van der Waals surface area contributed by atoms with Crippen molar-refractivity contribution in [2.75, 3.05) is 18.0 Å². The van der Waals surface area contributed by atoms with Crippen molar-refractivity contribution >= 4 is 5.82 Å². The summed E-state index contributed by atoms with van der Waals surface area (Å²) in [5.41, 5.74) is 8.04. The van der Waals surface area contributed by atoms with Gasteiger partial charge in [-0.25, -0.2) is 4.98 Å². The summed E-state index contributed by atoms with van der Waals surface area (Å²) < 4.78 is 0. The van der Waals surface area contributed by atoms with E-state index in [1.807, 2.05) is 13.0 Å². The van der Waals surface area contributed by atoms with E-state index in [9.17, 15) is 0 Å². The van der Waals surface area contributed by atoms with Crippen molar-refractivity contribution in [1.82, 2.24) is 4.98 Å². The van der Waals surface area contributed by atoms with Crippen LogP contribution in [-0.4, -0.2) is 18.1 Å². The first kappa shape index (κ1) is 12.4. The SMILES string of the molecule is CCC1CCN(c2nc(C)ccc2CN)CC1. The Balaban J connectivity index is 2.14. The smallest absolute Gasteiger partial charge is 0.133 e. The van der Waals surface area contributed by atoms with Gasteiger partial charge in [0.05, 0.1) is 0 Å². The monoisotopic (exact) mass is 233 g/mol. The third kappa shape index (κ3) is 2.78. The van der Waals surface area contributed by atoms with Gasteiger partial charge in [0, 0.05) is 30.9 Å². The second-order valence-corrected chi connectivity index (χ2v) is 4.98. The largest absolute Gasteiger partial charge is 0.356 e. The molecule has 94 valence electrons. The summed E-state index contributed by atoms with van der Waals surface area (Å²) in [6.45, 7) is 7.17. The van der Waals surface area contributed by atoms with Crippen molar-refractivity contribution in [3.8, 4) is 0 Å². The molecule has 0 bridgehead atoms. The summed E-state index contributed by atoms with van der Waals surface area (Å²) in [4.78, 5) is 7.07. The first-order valence-electron chi connectivity index (χ1n) is 6.66. The van der Waals surface area contributed by atoms with Crippen molar-refractivity contribution in [2.45, 2.75) is 39.7 Å². The third-order valence-corrected chi connectivity index (χ3v) is 3.81. The lowest BCUT2D eigenvalue weighted by Gasteiger charge is -2.33. The topological polar surface area (TPSA) is 42.2 Å². The number of aryl methyl sites for hydroxylation is 1. The molecule has 2 N–H and O–H groups in total. The fourth-order valence-corrected chi connectivity index (χ4v) is 2.56. The summed E-state index contributed by atoms with van der Waals surface area (Å²) in [7, 11) is 0. The first-order valence-corrected chi connectivity index (χ1v) is 6.66. The maximum atomic E-state index is 5.79. The van der Waals surface area contributed by atoms with Crippen LogP contribution in [0.1, 0.15) is 37.4 Å². The number of aromatic nitrogens is 1. The van der Waals surface area contributed by atoms with Crippen molar-refractivity contribution in [3.63, 3.8) is 0 Å². The fraction of sp³-hybridized carbons (Fsp3) is 0.643. The summed E-state index contributed by atoms with van der Waals surface area (Å²) in [5, 5.41) is 0. The molecule has 1 aliphatic heterocycles. The molecule has 0 spiro atoms. The first-order chi connectivity index (χ1) is 8.24. The Bertz CT molecular complexity index is 368. The predicted octanol–water partition coefficient (Wildman–Crippen LogP) is 2.48. The van der Waals surface area contributed by atoms with Gasteiger partial charge in [0.2, 0.25) is 0 Å². The van der Waals surface area contributed by atoms with Crippen molar-refractivity contribution < 1.29 is 0 Å². The Kier molecular flexibility index (Phi) is 4.00. The van der Waals surface area contributed by atoms with Gasteiger partial charge in [0.1, 0.15) is 5.82 Å². The van der Waals surface area contributed by atoms with E-state index in [0.717, 1.165) is 30.5 Å². The Hall–Kier alpha value is -1.09. The lowest BCUT2D eigenvalue weighted by Crippen LogP contribution is -2.35. The van der Waals surface area contributed by atoms with Gasteiger partial charge in [-0.15, -0.1) is 0 Å². The van der Waals surface area contributed by atoms with E-state index >= 15 is 0 Å². The number of nitrogens with two attached hydrogens (primary N) is 1. The highest BCUT2D eigenvalue weighted by Gasteiger charge is 2.20. The second-order valence-electron chi connectivity index (χ2n) is 4.98. The van der Waals surface area contributed by atoms with Crippen LogP contribution in [0.4, 0.5) is 5.82 Å². The normalized spacial score (nSPS) is 17.5. The Morgan fingerprint density at radius 1 is 1.35 bits per heavy atom. The molecule has 3 heteroatoms. The number of hydrogen-bond acceptors (Lipinski definition) is 3. The molecule has 0 aromatic carbocycles. The number of nitrogens with zero attached hydrogens (tertiary/aromatic N) is 2. The molecule has 1 saturated heterocycles. The summed E-state index contributed by atoms with van der Waals surface area (Å²) in [6, 6.07) is 4.16. The zero-order valence-corrected chi connectivity index (χ0v) is 10.9. The highest BCUT2D eigenvalue weighted by molar-refractivity contribution is 5.48. The van der Waals surface area contributed by atoms with Gasteiger partial charge in [0.15, 0.2) is 0 Å². The highest BCUT2D eigenvalue weighted by Crippen LogP contribution is 2.26. The number of anilines is 1. The number of rotatable bonds is 3. The molecule has 1 aromatic heterocycles. The summed E-state index contributed by atoms with van der Waals surface area (Å²) >= 11 is 0. The van der Waals surface area contributed by atoms with Crippen molar-refractivity contribution in [3.05, 3.63) is 23.4 Å². The molecule has 0 saturated carbocycles. The zero-order valence-electron chi connectivity index (χ0n) is 10.9. The highest BCUT2D eigenvalue weighted by atomic mass is 15.2. The molecule has 3 nitrogen and oxygen atoms in total. The van der Waals surface area contributed by atoms with Gasteiger partial charge in [-0.3, -0.25) is 0 Å². The van der Waals surface area contributed by atoms with Gasteiger partial charge in [0.25, 0.3) is 0 Å². The van der Waals surface area contributed by atoms with E-state index in [1.165, 1.54) is 24.8 Å². The van der Waals surface area contributed by atoms with Crippen LogP contribution >= 0.6 is 0 Å². The van der Waals surface area contributed by atoms with E-state index in [4.69, 9.17) is 5.73 Å². The van der Waals surface area contributed by atoms with Crippen LogP contribution in [0.3, 0.4) is 0 Å². The van der Waals surface area contributed by atoms with Gasteiger partial charge in [-0.2, -0.15) is 0 Å². The molecular formula is C14H23N3. The molecule has 0 radical (unpaired) electrons. The lowest BCUT2D eigenvalue weighted by molar-refractivity contribution is 0.393. The molecule has 17 heavy (non-hydrogen) atoms. The van der Waals surface area contributed by atoms with Crippen molar-refractivity contribution in [1.29, 1.82) is 0 Å². The van der Waals surface area contributed by atoms with Crippen LogP contribution in [0, 0.1) is 12.8 Å². The predicted molar refractivity (Wildman–Crippen MR) is 72.1 cm³/mol. The van der Waals surface area contributed by atoms with Crippen LogP contribution < -0.4 is 10.6 Å². The van der Waals surface area contributed by atoms with Gasteiger partial charge < -0.3 is 10.6 Å². The van der Waals surface area contributed by atoms with Crippen LogP contribution in [-0.2, 0) is 6.54 Å². The van der Waals surface area contributed by atoms with Crippen LogP contribution in [0.5, 0.6) is 0 Å². The second kappa shape index (κ2) is 5.50. The Morgan fingerprint density at radius 2 is 2.06 bits per heavy atom. The molecule has 0 atom stereocenters. The third-order valence-electron chi connectivity index (χ3n) is 3.81. The minimum absolute atomic E-state index is 0.580. The van der Waals surface area contributed by atoms with E-state index in [1.54, 1.807) is 0 Å². The number of pyridine rings is 1. The minimum atomic E-state index is 0.580. The lowest BCUT2D eigenvalue weighted by atomic mass is 9.94. The van der Waals surface area contributed by atoms with Crippen molar-refractivity contribution in [2.24, 2.45) is 11.7 Å². The Labute approximate surface area is 104 Å². The zero-order chi connectivity index (χ0) is 12.3. The molecule has 1 aliphatic rings. The molecule has 2 rings (SSSR count). The number of hydrogen-bond donors (Lipinski definition) is 1. The van der Waals surface area contributed by atoms with E-state index in [0.29, 0.717) is 6.54 Å². The van der Waals surface area contributed by atoms with Crippen LogP contribution in [0.15, 0.2) is 12.1 Å².